The molecule has 0 radical (unpaired) electrons. The number of aliphatic hydroxyl groups excluding tert-OH is 1. The van der Waals surface area contributed by atoms with E-state index in [0.717, 1.165) is 0 Å². The molecule has 0 aliphatic rings. The second kappa shape index (κ2) is 9.06. The molecule has 0 aliphatic carbocycles. The monoisotopic (exact) mass is 367 g/mol. The largest absolute Gasteiger partial charge is 0.463 e. The molecule has 142 valence electrons. The lowest BCUT2D eigenvalue weighted by Crippen LogP contribution is -2.26. The van der Waals surface area contributed by atoms with Crippen LogP contribution in [0.3, 0.4) is 0 Å². The van der Waals surface area contributed by atoms with Crippen molar-refractivity contribution in [1.29, 1.82) is 0 Å². The molecule has 26 heavy (non-hydrogen) atoms. The summed E-state index contributed by atoms with van der Waals surface area (Å²) >= 11 is 0. The van der Waals surface area contributed by atoms with Gasteiger partial charge in [0.05, 0.1) is 12.9 Å². The fraction of sp³-hybridized carbons (Fsp3) is 0.533. The predicted molar refractivity (Wildman–Crippen MR) is 90.3 cm³/mol. The minimum absolute atomic E-state index is 0.00619. The Hall–Kier alpha value is -2.79. The van der Waals surface area contributed by atoms with Crippen LogP contribution in [0.4, 0.5) is 5.95 Å². The number of imidazole rings is 1. The molecule has 2 aromatic heterocycles. The number of hydrogen-bond donors (Lipinski definition) is 3. The summed E-state index contributed by atoms with van der Waals surface area (Å²) < 4.78 is 11.8. The summed E-state index contributed by atoms with van der Waals surface area (Å²) in [4.78, 5) is 45.2. The van der Waals surface area contributed by atoms with Gasteiger partial charge >= 0.3 is 5.97 Å². The zero-order valence-electron chi connectivity index (χ0n) is 14.5. The van der Waals surface area contributed by atoms with Crippen LogP contribution in [0.1, 0.15) is 26.7 Å². The molecule has 11 heteroatoms. The smallest absolute Gasteiger partial charge is 0.305 e. The summed E-state index contributed by atoms with van der Waals surface area (Å²) in [7, 11) is 0. The van der Waals surface area contributed by atoms with E-state index in [1.807, 2.05) is 0 Å². The lowest BCUT2D eigenvalue weighted by atomic mass is 10.4. The minimum Gasteiger partial charge on any atom is -0.463 e. The second-order valence-electron chi connectivity index (χ2n) is 5.34. The van der Waals surface area contributed by atoms with E-state index < -0.39 is 17.6 Å². The van der Waals surface area contributed by atoms with E-state index in [-0.39, 0.29) is 55.8 Å². The van der Waals surface area contributed by atoms with Crippen molar-refractivity contribution in [3.05, 3.63) is 16.7 Å². The Labute approximate surface area is 148 Å². The molecule has 2 rings (SSSR count). The zero-order valence-corrected chi connectivity index (χ0v) is 14.5. The first-order chi connectivity index (χ1) is 12.5. The van der Waals surface area contributed by atoms with Gasteiger partial charge in [0.15, 0.2) is 11.2 Å². The maximum absolute atomic E-state index is 12.0. The van der Waals surface area contributed by atoms with Gasteiger partial charge in [-0.1, -0.05) is 13.8 Å². The molecule has 0 saturated carbocycles. The first-order valence-electron chi connectivity index (χ1n) is 8.11. The molecule has 11 nitrogen and oxygen atoms in total. The number of nitrogens with one attached hydrogen (secondary N) is 2. The van der Waals surface area contributed by atoms with Crippen molar-refractivity contribution >= 4 is 29.0 Å². The number of ether oxygens (including phenoxy) is 2. The minimum atomic E-state index is -0.732. The highest BCUT2D eigenvalue weighted by molar-refractivity contribution is 5.89. The van der Waals surface area contributed by atoms with Gasteiger partial charge in [-0.15, -0.1) is 0 Å². The van der Waals surface area contributed by atoms with Crippen LogP contribution < -0.4 is 10.9 Å². The topological polar surface area (TPSA) is 148 Å². The quantitative estimate of drug-likeness (QED) is 0.514. The molecule has 2 heterocycles. The van der Waals surface area contributed by atoms with E-state index in [4.69, 9.17) is 9.47 Å². The number of aromatic amines is 1. The molecule has 2 aromatic rings. The van der Waals surface area contributed by atoms with Gasteiger partial charge in [0.25, 0.3) is 5.56 Å². The average Bonchev–Trinajstić information content (AvgIpc) is 3.05. The molecule has 0 bridgehead atoms. The molecular formula is C15H21N5O6. The number of carbonyl (C=O) groups is 2. The second-order valence-corrected chi connectivity index (χ2v) is 5.34. The van der Waals surface area contributed by atoms with E-state index in [9.17, 15) is 19.5 Å². The van der Waals surface area contributed by atoms with E-state index in [0.29, 0.717) is 0 Å². The number of carbonyl (C=O) groups excluding carboxylic acids is 2. The van der Waals surface area contributed by atoms with Gasteiger partial charge in [-0.25, -0.2) is 4.98 Å². The summed E-state index contributed by atoms with van der Waals surface area (Å²) in [6, 6.07) is 0. The lowest BCUT2D eigenvalue weighted by molar-refractivity contribution is -0.150. The van der Waals surface area contributed by atoms with Crippen LogP contribution in [0.5, 0.6) is 0 Å². The van der Waals surface area contributed by atoms with Gasteiger partial charge in [0.1, 0.15) is 19.4 Å². The molecule has 0 aliphatic heterocycles. The molecule has 1 atom stereocenters. The van der Waals surface area contributed by atoms with Gasteiger partial charge in [-0.05, 0) is 0 Å². The van der Waals surface area contributed by atoms with Crippen LogP contribution >= 0.6 is 0 Å². The SMILES string of the molecule is CCC(=O)Nc1nc2c(ncn2COC(CO)COC(=O)CC)c(=O)[nH]1. The van der Waals surface area contributed by atoms with Gasteiger partial charge in [-0.2, -0.15) is 4.98 Å². The van der Waals surface area contributed by atoms with Gasteiger partial charge in [0.2, 0.25) is 11.9 Å². The van der Waals surface area contributed by atoms with Crippen LogP contribution in [0.25, 0.3) is 11.2 Å². The van der Waals surface area contributed by atoms with Gasteiger partial charge in [0, 0.05) is 12.8 Å². The van der Waals surface area contributed by atoms with Gasteiger partial charge in [-0.3, -0.25) is 29.3 Å². The third kappa shape index (κ3) is 4.86. The Morgan fingerprint density at radius 3 is 2.81 bits per heavy atom. The van der Waals surface area contributed by atoms with Crippen molar-refractivity contribution in [2.75, 3.05) is 18.5 Å². The molecule has 0 saturated heterocycles. The summed E-state index contributed by atoms with van der Waals surface area (Å²) in [5.41, 5.74) is -0.209. The van der Waals surface area contributed by atoms with E-state index in [1.54, 1.807) is 13.8 Å². The fourth-order valence-corrected chi connectivity index (χ4v) is 1.96. The number of anilines is 1. The summed E-state index contributed by atoms with van der Waals surface area (Å²) in [6.07, 6.45) is 1.08. The van der Waals surface area contributed by atoms with Crippen molar-refractivity contribution < 1.29 is 24.2 Å². The predicted octanol–water partition coefficient (Wildman–Crippen LogP) is -0.244. The highest BCUT2D eigenvalue weighted by Crippen LogP contribution is 2.09. The standard InChI is InChI=1S/C15H21N5O6/c1-3-10(22)17-15-18-13-12(14(24)19-15)16-7-20(13)8-26-9(5-21)6-25-11(23)4-2/h7,9,21H,3-6,8H2,1-2H3,(H2,17,18,19,22,24). The first kappa shape index (κ1) is 19.5. The Balaban J connectivity index is 2.12. The number of aliphatic hydroxyl groups is 1. The van der Waals surface area contributed by atoms with Crippen molar-refractivity contribution in [3.8, 4) is 0 Å². The lowest BCUT2D eigenvalue weighted by Gasteiger charge is -2.16. The number of nitrogens with zero attached hydrogens (tertiary/aromatic N) is 3. The van der Waals surface area contributed by atoms with Crippen LogP contribution in [0, 0.1) is 0 Å². The molecule has 3 N–H and O–H groups in total. The molecule has 0 aromatic carbocycles. The number of H-pyrrole nitrogens is 1. The van der Waals surface area contributed by atoms with Gasteiger partial charge < -0.3 is 14.6 Å². The third-order valence-corrected chi connectivity index (χ3v) is 3.43. The van der Waals surface area contributed by atoms with E-state index in [2.05, 4.69) is 20.3 Å². The Kier molecular flexibility index (Phi) is 6.81. The Morgan fingerprint density at radius 1 is 1.38 bits per heavy atom. The van der Waals surface area contributed by atoms with E-state index >= 15 is 0 Å². The van der Waals surface area contributed by atoms with Crippen LogP contribution in [-0.2, 0) is 25.8 Å². The molecule has 1 amide bonds. The molecule has 0 spiro atoms. The first-order valence-corrected chi connectivity index (χ1v) is 8.11. The van der Waals surface area contributed by atoms with Crippen molar-refractivity contribution in [2.24, 2.45) is 0 Å². The molecule has 1 unspecified atom stereocenters. The van der Waals surface area contributed by atoms with Crippen molar-refractivity contribution in [2.45, 2.75) is 39.5 Å². The maximum Gasteiger partial charge on any atom is 0.305 e. The summed E-state index contributed by atoms with van der Waals surface area (Å²) in [5, 5.41) is 11.8. The highest BCUT2D eigenvalue weighted by atomic mass is 16.6. The summed E-state index contributed by atoms with van der Waals surface area (Å²) in [6.45, 7) is 2.80. The zero-order chi connectivity index (χ0) is 19.1. The number of hydrogen-bond acceptors (Lipinski definition) is 8. The van der Waals surface area contributed by atoms with E-state index in [1.165, 1.54) is 10.9 Å². The van der Waals surface area contributed by atoms with Crippen LogP contribution in [-0.4, -0.2) is 55.8 Å². The maximum atomic E-state index is 12.0. The summed E-state index contributed by atoms with van der Waals surface area (Å²) in [5.74, 6) is -0.691. The number of rotatable bonds is 9. The normalized spacial score (nSPS) is 12.1. The Bertz CT molecular complexity index is 830. The number of esters is 1. The fourth-order valence-electron chi connectivity index (χ4n) is 1.96. The highest BCUT2D eigenvalue weighted by Gasteiger charge is 2.15. The van der Waals surface area contributed by atoms with Crippen LogP contribution in [0.15, 0.2) is 11.1 Å². The Morgan fingerprint density at radius 2 is 2.15 bits per heavy atom. The average molecular weight is 367 g/mol. The van der Waals surface area contributed by atoms with Crippen LogP contribution in [0.2, 0.25) is 0 Å². The molecule has 0 fully saturated rings. The number of aromatic nitrogens is 4. The number of fused-ring (bicyclic) bond motifs is 1. The third-order valence-electron chi connectivity index (χ3n) is 3.43. The number of amides is 1. The van der Waals surface area contributed by atoms with Crippen molar-refractivity contribution in [3.63, 3.8) is 0 Å². The molecular weight excluding hydrogens is 346 g/mol. The van der Waals surface area contributed by atoms with Crippen molar-refractivity contribution in [1.82, 2.24) is 19.5 Å².